The highest BCUT2D eigenvalue weighted by atomic mass is 16.4. The third-order valence-electron chi connectivity index (χ3n) is 2.36. The molecule has 0 aromatic carbocycles. The smallest absolute Gasteiger partial charge is 0.319 e. The molecule has 0 aliphatic rings. The molecule has 0 fully saturated rings. The normalized spacial score (nSPS) is 9.94. The summed E-state index contributed by atoms with van der Waals surface area (Å²) in [7, 11) is 1.71. The standard InChI is InChI=1S/C11H22N2O3/c1-4-8-13(5-2)11(16)12(3)9-6-7-10(14)15/h4-9H2,1-3H3,(H,14,15). The van der Waals surface area contributed by atoms with Crippen molar-refractivity contribution in [3.05, 3.63) is 0 Å². The summed E-state index contributed by atoms with van der Waals surface area (Å²) >= 11 is 0. The van der Waals surface area contributed by atoms with Crippen LogP contribution in [0, 0.1) is 0 Å². The van der Waals surface area contributed by atoms with Crippen molar-refractivity contribution in [3.63, 3.8) is 0 Å². The van der Waals surface area contributed by atoms with Gasteiger partial charge in [0, 0.05) is 33.1 Å². The Labute approximate surface area is 97.0 Å². The van der Waals surface area contributed by atoms with Crippen LogP contribution < -0.4 is 0 Å². The summed E-state index contributed by atoms with van der Waals surface area (Å²) in [5.41, 5.74) is 0. The van der Waals surface area contributed by atoms with Gasteiger partial charge in [-0.3, -0.25) is 4.79 Å². The molecule has 2 amide bonds. The van der Waals surface area contributed by atoms with Crippen molar-refractivity contribution in [2.75, 3.05) is 26.7 Å². The van der Waals surface area contributed by atoms with Crippen LogP contribution in [-0.4, -0.2) is 53.6 Å². The van der Waals surface area contributed by atoms with Crippen LogP contribution in [0.1, 0.15) is 33.1 Å². The van der Waals surface area contributed by atoms with E-state index in [9.17, 15) is 9.59 Å². The highest BCUT2D eigenvalue weighted by Gasteiger charge is 2.15. The van der Waals surface area contributed by atoms with Crippen LogP contribution in [0.25, 0.3) is 0 Å². The van der Waals surface area contributed by atoms with Gasteiger partial charge in [0.15, 0.2) is 0 Å². The zero-order valence-corrected chi connectivity index (χ0v) is 10.4. The maximum Gasteiger partial charge on any atom is 0.319 e. The van der Waals surface area contributed by atoms with Crippen molar-refractivity contribution in [2.45, 2.75) is 33.1 Å². The Kier molecular flexibility index (Phi) is 7.33. The molecule has 16 heavy (non-hydrogen) atoms. The second-order valence-corrected chi connectivity index (χ2v) is 3.78. The van der Waals surface area contributed by atoms with Crippen LogP contribution >= 0.6 is 0 Å². The first-order chi connectivity index (χ1) is 7.52. The predicted molar refractivity (Wildman–Crippen MR) is 62.4 cm³/mol. The topological polar surface area (TPSA) is 60.9 Å². The Bertz CT molecular complexity index is 231. The summed E-state index contributed by atoms with van der Waals surface area (Å²) in [5.74, 6) is -0.818. The first kappa shape index (κ1) is 14.7. The summed E-state index contributed by atoms with van der Waals surface area (Å²) in [6.07, 6.45) is 1.54. The lowest BCUT2D eigenvalue weighted by atomic mass is 10.3. The molecule has 1 N–H and O–H groups in total. The Balaban J connectivity index is 4.00. The average molecular weight is 230 g/mol. The number of aliphatic carboxylic acids is 1. The monoisotopic (exact) mass is 230 g/mol. The summed E-state index contributed by atoms with van der Waals surface area (Å²) in [6.45, 7) is 5.90. The van der Waals surface area contributed by atoms with Gasteiger partial charge >= 0.3 is 12.0 Å². The summed E-state index contributed by atoms with van der Waals surface area (Å²) in [5, 5.41) is 8.49. The van der Waals surface area contributed by atoms with E-state index in [1.165, 1.54) is 0 Å². The summed E-state index contributed by atoms with van der Waals surface area (Å²) in [6, 6.07) is -0.0188. The van der Waals surface area contributed by atoms with Gasteiger partial charge in [-0.2, -0.15) is 0 Å². The molecule has 0 unspecified atom stereocenters. The molecular formula is C11H22N2O3. The minimum atomic E-state index is -0.818. The van der Waals surface area contributed by atoms with E-state index >= 15 is 0 Å². The molecule has 0 aromatic rings. The molecule has 0 rings (SSSR count). The van der Waals surface area contributed by atoms with E-state index in [-0.39, 0.29) is 12.5 Å². The fraction of sp³-hybridized carbons (Fsp3) is 0.818. The lowest BCUT2D eigenvalue weighted by Crippen LogP contribution is -2.41. The van der Waals surface area contributed by atoms with Crippen molar-refractivity contribution in [1.29, 1.82) is 0 Å². The molecule has 5 nitrogen and oxygen atoms in total. The fourth-order valence-electron chi connectivity index (χ4n) is 1.46. The number of hydrogen-bond donors (Lipinski definition) is 1. The fourth-order valence-corrected chi connectivity index (χ4v) is 1.46. The van der Waals surface area contributed by atoms with E-state index in [4.69, 9.17) is 5.11 Å². The number of nitrogens with zero attached hydrogens (tertiary/aromatic N) is 2. The van der Waals surface area contributed by atoms with Gasteiger partial charge in [-0.15, -0.1) is 0 Å². The number of hydrogen-bond acceptors (Lipinski definition) is 2. The lowest BCUT2D eigenvalue weighted by molar-refractivity contribution is -0.137. The first-order valence-electron chi connectivity index (χ1n) is 5.74. The van der Waals surface area contributed by atoms with Crippen molar-refractivity contribution in [1.82, 2.24) is 9.80 Å². The molecule has 0 aliphatic carbocycles. The molecule has 0 bridgehead atoms. The maximum atomic E-state index is 11.8. The highest BCUT2D eigenvalue weighted by molar-refractivity contribution is 5.74. The van der Waals surface area contributed by atoms with Crippen molar-refractivity contribution < 1.29 is 14.7 Å². The largest absolute Gasteiger partial charge is 0.481 e. The van der Waals surface area contributed by atoms with Crippen LogP contribution in [0.3, 0.4) is 0 Å². The number of carboxylic acid groups (broad SMARTS) is 1. The summed E-state index contributed by atoms with van der Waals surface area (Å²) < 4.78 is 0. The van der Waals surface area contributed by atoms with Gasteiger partial charge in [0.2, 0.25) is 0 Å². The van der Waals surface area contributed by atoms with E-state index in [2.05, 4.69) is 0 Å². The second kappa shape index (κ2) is 7.96. The average Bonchev–Trinajstić information content (AvgIpc) is 2.24. The van der Waals surface area contributed by atoms with Gasteiger partial charge in [0.25, 0.3) is 0 Å². The molecule has 5 heteroatoms. The third-order valence-corrected chi connectivity index (χ3v) is 2.36. The van der Waals surface area contributed by atoms with E-state index in [0.717, 1.165) is 13.0 Å². The molecule has 0 heterocycles. The molecule has 0 atom stereocenters. The second-order valence-electron chi connectivity index (χ2n) is 3.78. The number of carbonyl (C=O) groups excluding carboxylic acids is 1. The minimum absolute atomic E-state index is 0.0188. The highest BCUT2D eigenvalue weighted by Crippen LogP contribution is 2.00. The zero-order chi connectivity index (χ0) is 12.6. The van der Waals surface area contributed by atoms with Crippen molar-refractivity contribution in [3.8, 4) is 0 Å². The molecule has 0 saturated carbocycles. The van der Waals surface area contributed by atoms with Crippen LogP contribution in [0.2, 0.25) is 0 Å². The van der Waals surface area contributed by atoms with Crippen molar-refractivity contribution in [2.24, 2.45) is 0 Å². The Hall–Kier alpha value is -1.26. The molecule has 94 valence electrons. The SMILES string of the molecule is CCCN(CC)C(=O)N(C)CCCC(=O)O. The van der Waals surface area contributed by atoms with Gasteiger partial charge in [0.05, 0.1) is 0 Å². The van der Waals surface area contributed by atoms with Gasteiger partial charge < -0.3 is 14.9 Å². The van der Waals surface area contributed by atoms with E-state index in [0.29, 0.717) is 19.5 Å². The first-order valence-corrected chi connectivity index (χ1v) is 5.74. The van der Waals surface area contributed by atoms with Crippen LogP contribution in [0.4, 0.5) is 4.79 Å². The molecule has 0 spiro atoms. The van der Waals surface area contributed by atoms with Gasteiger partial charge in [0.1, 0.15) is 0 Å². The van der Waals surface area contributed by atoms with Gasteiger partial charge in [-0.1, -0.05) is 6.92 Å². The predicted octanol–water partition coefficient (Wildman–Crippen LogP) is 1.63. The number of carbonyl (C=O) groups is 2. The Morgan fingerprint density at radius 1 is 1.19 bits per heavy atom. The number of amides is 2. The van der Waals surface area contributed by atoms with Gasteiger partial charge in [-0.25, -0.2) is 4.79 Å². The molecule has 0 saturated heterocycles. The number of carboxylic acids is 1. The molecular weight excluding hydrogens is 208 g/mol. The number of urea groups is 1. The van der Waals surface area contributed by atoms with Crippen LogP contribution in [-0.2, 0) is 4.79 Å². The minimum Gasteiger partial charge on any atom is -0.481 e. The maximum absolute atomic E-state index is 11.8. The molecule has 0 aromatic heterocycles. The van der Waals surface area contributed by atoms with Crippen LogP contribution in [0.5, 0.6) is 0 Å². The zero-order valence-electron chi connectivity index (χ0n) is 10.4. The van der Waals surface area contributed by atoms with Crippen molar-refractivity contribution >= 4 is 12.0 Å². The quantitative estimate of drug-likeness (QED) is 0.723. The molecule has 0 radical (unpaired) electrons. The third kappa shape index (κ3) is 5.58. The summed E-state index contributed by atoms with van der Waals surface area (Å²) in [4.78, 5) is 25.5. The molecule has 0 aliphatic heterocycles. The number of rotatable bonds is 7. The Morgan fingerprint density at radius 3 is 2.25 bits per heavy atom. The van der Waals surface area contributed by atoms with E-state index < -0.39 is 5.97 Å². The Morgan fingerprint density at radius 2 is 1.81 bits per heavy atom. The van der Waals surface area contributed by atoms with Gasteiger partial charge in [-0.05, 0) is 19.8 Å². The lowest BCUT2D eigenvalue weighted by Gasteiger charge is -2.26. The van der Waals surface area contributed by atoms with Crippen LogP contribution in [0.15, 0.2) is 0 Å². The van der Waals surface area contributed by atoms with E-state index in [1.807, 2.05) is 13.8 Å². The van der Waals surface area contributed by atoms with E-state index in [1.54, 1.807) is 16.8 Å².